The number of piperazine rings is 1. The van der Waals surface area contributed by atoms with Crippen molar-refractivity contribution in [1.82, 2.24) is 24.6 Å². The van der Waals surface area contributed by atoms with Crippen molar-refractivity contribution in [2.24, 2.45) is 7.05 Å². The highest BCUT2D eigenvalue weighted by molar-refractivity contribution is 5.59. The number of nitrogens with zero attached hydrogens (tertiary/aromatic N) is 5. The van der Waals surface area contributed by atoms with Crippen LogP contribution in [0.2, 0.25) is 0 Å². The van der Waals surface area contributed by atoms with Gasteiger partial charge in [-0.15, -0.1) is 0 Å². The Morgan fingerprint density at radius 2 is 1.78 bits per heavy atom. The molecule has 3 heterocycles. The lowest BCUT2D eigenvalue weighted by Crippen LogP contribution is -2.46. The highest BCUT2D eigenvalue weighted by Crippen LogP contribution is 2.22. The summed E-state index contributed by atoms with van der Waals surface area (Å²) in [5, 5.41) is 4.70. The second kappa shape index (κ2) is 8.03. The molecule has 0 amide bonds. The third kappa shape index (κ3) is 4.10. The van der Waals surface area contributed by atoms with Gasteiger partial charge in [0, 0.05) is 63.8 Å². The van der Waals surface area contributed by atoms with Gasteiger partial charge in [0.2, 0.25) is 0 Å². The van der Waals surface area contributed by atoms with Gasteiger partial charge in [0.15, 0.2) is 0 Å². The molecule has 0 bridgehead atoms. The normalized spacial score (nSPS) is 17.1. The predicted octanol–water partition coefficient (Wildman–Crippen LogP) is 3.36. The van der Waals surface area contributed by atoms with Gasteiger partial charge >= 0.3 is 0 Å². The Hall–Kier alpha value is -2.50. The fourth-order valence-electron chi connectivity index (χ4n) is 3.78. The van der Waals surface area contributed by atoms with Crippen molar-refractivity contribution in [1.29, 1.82) is 0 Å². The van der Waals surface area contributed by atoms with Crippen LogP contribution in [0, 0.1) is 0 Å². The van der Waals surface area contributed by atoms with Crippen LogP contribution in [0.15, 0.2) is 60.9 Å². The molecule has 0 spiro atoms. The Morgan fingerprint density at radius 3 is 2.48 bits per heavy atom. The lowest BCUT2D eigenvalue weighted by molar-refractivity contribution is 0.0962. The first kappa shape index (κ1) is 17.9. The van der Waals surface area contributed by atoms with Gasteiger partial charge in [0.1, 0.15) is 0 Å². The largest absolute Gasteiger partial charge is 0.295 e. The van der Waals surface area contributed by atoms with Crippen LogP contribution in [0.3, 0.4) is 0 Å². The minimum Gasteiger partial charge on any atom is -0.295 e. The summed E-state index contributed by atoms with van der Waals surface area (Å²) in [4.78, 5) is 9.34. The Morgan fingerprint density at radius 1 is 1.00 bits per heavy atom. The molecular formula is C22H27N5. The monoisotopic (exact) mass is 361 g/mol. The molecule has 1 atom stereocenters. The second-order valence-electron chi connectivity index (χ2n) is 7.28. The smallest absolute Gasteiger partial charge is 0.0926 e. The topological polar surface area (TPSA) is 37.2 Å². The summed E-state index contributed by atoms with van der Waals surface area (Å²) in [6, 6.07) is 17.2. The standard InChI is InChI=1S/C22H27N5/c1-18(20-9-6-10-23-16-20)27-13-11-26(12-14-27)17-21-15-22(24-25(21)2)19-7-4-3-5-8-19/h3-10,15-16,18H,11-14,17H2,1-2H3. The lowest BCUT2D eigenvalue weighted by atomic mass is 10.1. The van der Waals surface area contributed by atoms with E-state index in [9.17, 15) is 0 Å². The van der Waals surface area contributed by atoms with E-state index in [0.29, 0.717) is 6.04 Å². The van der Waals surface area contributed by atoms with Crippen molar-refractivity contribution in [2.45, 2.75) is 19.5 Å². The fourth-order valence-corrected chi connectivity index (χ4v) is 3.78. The van der Waals surface area contributed by atoms with E-state index in [1.807, 2.05) is 36.3 Å². The average Bonchev–Trinajstić information content (AvgIpc) is 3.10. The maximum absolute atomic E-state index is 4.70. The molecule has 0 N–H and O–H groups in total. The molecule has 5 heteroatoms. The van der Waals surface area contributed by atoms with Crippen molar-refractivity contribution in [3.63, 3.8) is 0 Å². The number of pyridine rings is 1. The molecule has 0 saturated carbocycles. The van der Waals surface area contributed by atoms with Gasteiger partial charge in [-0.3, -0.25) is 19.5 Å². The summed E-state index contributed by atoms with van der Waals surface area (Å²) in [5.74, 6) is 0. The summed E-state index contributed by atoms with van der Waals surface area (Å²) < 4.78 is 2.02. The fraction of sp³-hybridized carbons (Fsp3) is 0.364. The first-order chi connectivity index (χ1) is 13.2. The number of aryl methyl sites for hydroxylation is 1. The minimum atomic E-state index is 0.419. The highest BCUT2D eigenvalue weighted by Gasteiger charge is 2.23. The number of benzene rings is 1. The summed E-state index contributed by atoms with van der Waals surface area (Å²) in [6.07, 6.45) is 3.82. The minimum absolute atomic E-state index is 0.419. The molecule has 1 aromatic carbocycles. The predicted molar refractivity (Wildman–Crippen MR) is 108 cm³/mol. The van der Waals surface area contributed by atoms with E-state index < -0.39 is 0 Å². The Bertz CT molecular complexity index is 851. The summed E-state index contributed by atoms with van der Waals surface area (Å²) in [6.45, 7) is 7.55. The van der Waals surface area contributed by atoms with E-state index in [2.05, 4.69) is 58.1 Å². The highest BCUT2D eigenvalue weighted by atomic mass is 15.3. The number of rotatable bonds is 5. The molecule has 2 aromatic heterocycles. The van der Waals surface area contributed by atoms with Crippen molar-refractivity contribution in [2.75, 3.05) is 26.2 Å². The SMILES string of the molecule is CC(c1cccnc1)N1CCN(Cc2cc(-c3ccccc3)nn2C)CC1. The molecule has 3 aromatic rings. The van der Waals surface area contributed by atoms with Crippen LogP contribution in [0.4, 0.5) is 0 Å². The number of hydrogen-bond acceptors (Lipinski definition) is 4. The van der Waals surface area contributed by atoms with E-state index >= 15 is 0 Å². The van der Waals surface area contributed by atoms with Crippen molar-refractivity contribution in [3.8, 4) is 11.3 Å². The Labute approximate surface area is 161 Å². The number of hydrogen-bond donors (Lipinski definition) is 0. The van der Waals surface area contributed by atoms with Crippen LogP contribution in [0.1, 0.15) is 24.2 Å². The Balaban J connectivity index is 1.36. The summed E-state index contributed by atoms with van der Waals surface area (Å²) >= 11 is 0. The maximum atomic E-state index is 4.70. The molecule has 5 nitrogen and oxygen atoms in total. The molecule has 1 fully saturated rings. The lowest BCUT2D eigenvalue weighted by Gasteiger charge is -2.38. The average molecular weight is 361 g/mol. The van der Waals surface area contributed by atoms with Crippen LogP contribution >= 0.6 is 0 Å². The van der Waals surface area contributed by atoms with Gasteiger partial charge in [-0.1, -0.05) is 36.4 Å². The summed E-state index contributed by atoms with van der Waals surface area (Å²) in [5.41, 5.74) is 4.79. The molecule has 140 valence electrons. The second-order valence-corrected chi connectivity index (χ2v) is 7.28. The van der Waals surface area contributed by atoms with Crippen LogP contribution in [-0.2, 0) is 13.6 Å². The number of aromatic nitrogens is 3. The molecule has 1 aliphatic rings. The van der Waals surface area contributed by atoms with Crippen LogP contribution in [0.5, 0.6) is 0 Å². The third-order valence-corrected chi connectivity index (χ3v) is 5.55. The van der Waals surface area contributed by atoms with Crippen molar-refractivity contribution in [3.05, 3.63) is 72.2 Å². The van der Waals surface area contributed by atoms with Crippen molar-refractivity contribution < 1.29 is 0 Å². The zero-order chi connectivity index (χ0) is 18.6. The quantitative estimate of drug-likeness (QED) is 0.698. The molecular weight excluding hydrogens is 334 g/mol. The van der Waals surface area contributed by atoms with Gasteiger partial charge in [0.05, 0.1) is 11.4 Å². The van der Waals surface area contributed by atoms with E-state index in [4.69, 9.17) is 5.10 Å². The van der Waals surface area contributed by atoms with Gasteiger partial charge in [0.25, 0.3) is 0 Å². The molecule has 1 saturated heterocycles. The van der Waals surface area contributed by atoms with Gasteiger partial charge in [-0.2, -0.15) is 5.10 Å². The first-order valence-electron chi connectivity index (χ1n) is 9.65. The molecule has 0 aliphatic carbocycles. The van der Waals surface area contributed by atoms with E-state index in [0.717, 1.165) is 38.4 Å². The van der Waals surface area contributed by atoms with E-state index in [-0.39, 0.29) is 0 Å². The van der Waals surface area contributed by atoms with Crippen LogP contribution in [-0.4, -0.2) is 50.7 Å². The third-order valence-electron chi connectivity index (χ3n) is 5.55. The zero-order valence-corrected chi connectivity index (χ0v) is 16.1. The first-order valence-corrected chi connectivity index (χ1v) is 9.65. The van der Waals surface area contributed by atoms with Gasteiger partial charge in [-0.25, -0.2) is 0 Å². The Kier molecular flexibility index (Phi) is 5.32. The molecule has 27 heavy (non-hydrogen) atoms. The van der Waals surface area contributed by atoms with E-state index in [1.54, 1.807) is 0 Å². The van der Waals surface area contributed by atoms with Crippen LogP contribution in [0.25, 0.3) is 11.3 Å². The molecule has 1 unspecified atom stereocenters. The van der Waals surface area contributed by atoms with Crippen molar-refractivity contribution >= 4 is 0 Å². The molecule has 0 radical (unpaired) electrons. The molecule has 1 aliphatic heterocycles. The molecule has 4 rings (SSSR count). The summed E-state index contributed by atoms with van der Waals surface area (Å²) in [7, 11) is 2.04. The zero-order valence-electron chi connectivity index (χ0n) is 16.1. The van der Waals surface area contributed by atoms with Gasteiger partial charge in [-0.05, 0) is 24.6 Å². The maximum Gasteiger partial charge on any atom is 0.0926 e. The van der Waals surface area contributed by atoms with E-state index in [1.165, 1.54) is 16.8 Å². The van der Waals surface area contributed by atoms with Gasteiger partial charge < -0.3 is 0 Å². The van der Waals surface area contributed by atoms with Crippen LogP contribution < -0.4 is 0 Å².